The summed E-state index contributed by atoms with van der Waals surface area (Å²) in [6, 6.07) is 5.80. The van der Waals surface area contributed by atoms with E-state index >= 15 is 0 Å². The number of aliphatic hydroxyl groups is 1. The molecule has 2 aliphatic rings. The second-order valence-electron chi connectivity index (χ2n) is 8.08. The normalized spacial score (nSPS) is 27.7. The van der Waals surface area contributed by atoms with E-state index in [1.165, 1.54) is 0 Å². The number of hydrogen-bond acceptors (Lipinski definition) is 5. The van der Waals surface area contributed by atoms with Crippen LogP contribution in [-0.2, 0) is 4.79 Å². The van der Waals surface area contributed by atoms with Gasteiger partial charge in [-0.2, -0.15) is 0 Å². The zero-order valence-electron chi connectivity index (χ0n) is 17.4. The van der Waals surface area contributed by atoms with Crippen molar-refractivity contribution in [3.63, 3.8) is 0 Å². The van der Waals surface area contributed by atoms with Gasteiger partial charge in [-0.05, 0) is 31.7 Å². The molecule has 1 aromatic carbocycles. The van der Waals surface area contributed by atoms with Crippen LogP contribution in [0.25, 0.3) is 0 Å². The maximum absolute atomic E-state index is 12.5. The Morgan fingerprint density at radius 2 is 2.11 bits per heavy atom. The molecule has 2 fully saturated rings. The van der Waals surface area contributed by atoms with E-state index in [-0.39, 0.29) is 17.9 Å². The molecule has 1 saturated heterocycles. The predicted molar refractivity (Wildman–Crippen MR) is 109 cm³/mol. The molecule has 3 atom stereocenters. The Hall–Kier alpha value is -1.79. The lowest BCUT2D eigenvalue weighted by atomic mass is 9.66. The van der Waals surface area contributed by atoms with E-state index in [0.29, 0.717) is 26.1 Å². The summed E-state index contributed by atoms with van der Waals surface area (Å²) in [5, 5.41) is 14.4. The molecule has 0 spiro atoms. The van der Waals surface area contributed by atoms with Crippen molar-refractivity contribution in [1.82, 2.24) is 10.2 Å². The van der Waals surface area contributed by atoms with Crippen LogP contribution in [0.15, 0.2) is 18.2 Å². The van der Waals surface area contributed by atoms with Crippen LogP contribution in [0.5, 0.6) is 11.5 Å². The van der Waals surface area contributed by atoms with Crippen LogP contribution in [0.1, 0.15) is 57.1 Å². The summed E-state index contributed by atoms with van der Waals surface area (Å²) in [4.78, 5) is 14.7. The Morgan fingerprint density at radius 3 is 2.82 bits per heavy atom. The third-order valence-corrected chi connectivity index (χ3v) is 6.35. The number of benzene rings is 1. The Balaban J connectivity index is 1.95. The predicted octanol–water partition coefficient (Wildman–Crippen LogP) is 2.90. The molecule has 0 bridgehead atoms. The lowest BCUT2D eigenvalue weighted by molar-refractivity contribution is -0.138. The number of fused-ring (bicyclic) bond motifs is 1. The summed E-state index contributed by atoms with van der Waals surface area (Å²) >= 11 is 0. The molecule has 6 heteroatoms. The number of methoxy groups -OCH3 is 2. The Kier molecular flexibility index (Phi) is 6.83. The number of nitrogens with one attached hydrogen (secondary N) is 1. The summed E-state index contributed by atoms with van der Waals surface area (Å²) < 4.78 is 11.0. The van der Waals surface area contributed by atoms with Gasteiger partial charge in [0.2, 0.25) is 5.91 Å². The van der Waals surface area contributed by atoms with Gasteiger partial charge in [-0.3, -0.25) is 9.69 Å². The van der Waals surface area contributed by atoms with E-state index < -0.39 is 5.60 Å². The number of likely N-dealkylation sites (tertiary alicyclic amines) is 1. The highest BCUT2D eigenvalue weighted by Crippen LogP contribution is 2.51. The van der Waals surface area contributed by atoms with Gasteiger partial charge >= 0.3 is 0 Å². The fraction of sp³-hybridized carbons (Fsp3) is 0.682. The summed E-state index contributed by atoms with van der Waals surface area (Å²) in [6.45, 7) is 3.78. The van der Waals surface area contributed by atoms with Gasteiger partial charge in [0.05, 0.1) is 26.4 Å². The minimum absolute atomic E-state index is 0.0422. The molecule has 0 aromatic heterocycles. The van der Waals surface area contributed by atoms with Crippen molar-refractivity contribution in [3.05, 3.63) is 23.8 Å². The van der Waals surface area contributed by atoms with Crippen LogP contribution in [-0.4, -0.2) is 55.4 Å². The zero-order valence-corrected chi connectivity index (χ0v) is 17.4. The minimum atomic E-state index is -0.662. The van der Waals surface area contributed by atoms with Gasteiger partial charge in [-0.25, -0.2) is 0 Å². The third-order valence-electron chi connectivity index (χ3n) is 6.35. The van der Waals surface area contributed by atoms with Gasteiger partial charge in [-0.15, -0.1) is 0 Å². The first-order chi connectivity index (χ1) is 13.5. The molecule has 0 unspecified atom stereocenters. The zero-order chi connectivity index (χ0) is 20.1. The van der Waals surface area contributed by atoms with Crippen LogP contribution in [0.3, 0.4) is 0 Å². The van der Waals surface area contributed by atoms with E-state index in [1.807, 2.05) is 25.1 Å². The number of piperidine rings is 1. The van der Waals surface area contributed by atoms with Crippen molar-refractivity contribution in [2.24, 2.45) is 5.92 Å². The Morgan fingerprint density at radius 1 is 1.29 bits per heavy atom. The van der Waals surface area contributed by atoms with Gasteiger partial charge in [0.15, 0.2) is 0 Å². The lowest BCUT2D eigenvalue weighted by Gasteiger charge is -2.52. The van der Waals surface area contributed by atoms with Gasteiger partial charge < -0.3 is 19.9 Å². The molecular weight excluding hydrogens is 356 g/mol. The molecule has 6 nitrogen and oxygen atoms in total. The van der Waals surface area contributed by atoms with Crippen molar-refractivity contribution >= 4 is 5.91 Å². The van der Waals surface area contributed by atoms with Crippen molar-refractivity contribution in [1.29, 1.82) is 0 Å². The molecule has 0 radical (unpaired) electrons. The first-order valence-electron chi connectivity index (χ1n) is 10.5. The molecule has 1 aromatic rings. The van der Waals surface area contributed by atoms with Crippen molar-refractivity contribution in [2.45, 2.75) is 57.1 Å². The van der Waals surface area contributed by atoms with Crippen LogP contribution >= 0.6 is 0 Å². The highest BCUT2D eigenvalue weighted by Gasteiger charge is 2.49. The second-order valence-corrected chi connectivity index (χ2v) is 8.08. The smallest absolute Gasteiger partial charge is 0.234 e. The summed E-state index contributed by atoms with van der Waals surface area (Å²) in [5.41, 5.74) is 0.362. The Bertz CT molecular complexity index is 681. The topological polar surface area (TPSA) is 71.0 Å². The van der Waals surface area contributed by atoms with Crippen LogP contribution in [0, 0.1) is 5.92 Å². The van der Waals surface area contributed by atoms with Crippen LogP contribution in [0.4, 0.5) is 0 Å². The molecule has 1 saturated carbocycles. The van der Waals surface area contributed by atoms with Crippen LogP contribution in [0.2, 0.25) is 0 Å². The number of carbonyl (C=O) groups is 1. The molecular formula is C22H34N2O4. The number of nitrogens with zero attached hydrogens (tertiary/aromatic N) is 1. The molecule has 156 valence electrons. The second kappa shape index (κ2) is 9.14. The van der Waals surface area contributed by atoms with E-state index in [1.54, 1.807) is 14.2 Å². The maximum Gasteiger partial charge on any atom is 0.234 e. The van der Waals surface area contributed by atoms with Crippen molar-refractivity contribution in [3.8, 4) is 11.5 Å². The number of ether oxygens (including phenoxy) is 2. The van der Waals surface area contributed by atoms with Crippen molar-refractivity contribution < 1.29 is 19.4 Å². The standard InChI is InChI=1S/C22H34N2O4/c1-4-12-23-20(25)15-24-13-11-22(26)10-6-5-7-18(22)21(24)17-9-8-16(27-2)14-19(17)28-3/h8-9,14,18,21,26H,4-7,10-13,15H2,1-3H3,(H,23,25)/t18-,21-,22-/m0/s1. The fourth-order valence-electron chi connectivity index (χ4n) is 4.90. The fourth-order valence-corrected chi connectivity index (χ4v) is 4.90. The average molecular weight is 391 g/mol. The molecule has 1 heterocycles. The SMILES string of the molecule is CCCNC(=O)CN1CC[C@@]2(O)CCCC[C@H]2[C@@H]1c1ccc(OC)cc1OC. The molecule has 1 aliphatic carbocycles. The maximum atomic E-state index is 12.5. The minimum Gasteiger partial charge on any atom is -0.497 e. The molecule has 2 N–H and O–H groups in total. The molecule has 1 amide bonds. The molecule has 1 aliphatic heterocycles. The quantitative estimate of drug-likeness (QED) is 0.749. The number of carbonyl (C=O) groups excluding carboxylic acids is 1. The molecule has 3 rings (SSSR count). The largest absolute Gasteiger partial charge is 0.497 e. The number of rotatable bonds is 7. The van der Waals surface area contributed by atoms with Gasteiger partial charge in [0.25, 0.3) is 0 Å². The van der Waals surface area contributed by atoms with Gasteiger partial charge in [0.1, 0.15) is 11.5 Å². The summed E-state index contributed by atoms with van der Waals surface area (Å²) in [6.07, 6.45) is 5.61. The van der Waals surface area contributed by atoms with E-state index in [2.05, 4.69) is 10.2 Å². The van der Waals surface area contributed by atoms with Gasteiger partial charge in [-0.1, -0.05) is 25.8 Å². The molecule has 28 heavy (non-hydrogen) atoms. The average Bonchev–Trinajstić information content (AvgIpc) is 2.71. The highest BCUT2D eigenvalue weighted by molar-refractivity contribution is 5.78. The van der Waals surface area contributed by atoms with Gasteiger partial charge in [0, 0.05) is 36.7 Å². The number of amides is 1. The summed E-state index contributed by atoms with van der Waals surface area (Å²) in [5.74, 6) is 1.62. The monoisotopic (exact) mass is 390 g/mol. The lowest BCUT2D eigenvalue weighted by Crippen LogP contribution is -2.56. The Labute approximate surface area is 168 Å². The highest BCUT2D eigenvalue weighted by atomic mass is 16.5. The number of hydrogen-bond donors (Lipinski definition) is 2. The van der Waals surface area contributed by atoms with Crippen molar-refractivity contribution in [2.75, 3.05) is 33.9 Å². The summed E-state index contributed by atoms with van der Waals surface area (Å²) in [7, 11) is 3.30. The van der Waals surface area contributed by atoms with E-state index in [0.717, 1.165) is 49.2 Å². The first-order valence-corrected chi connectivity index (χ1v) is 10.5. The van der Waals surface area contributed by atoms with E-state index in [9.17, 15) is 9.90 Å². The first kappa shape index (κ1) is 20.9. The van der Waals surface area contributed by atoms with E-state index in [4.69, 9.17) is 9.47 Å². The van der Waals surface area contributed by atoms with Crippen LogP contribution < -0.4 is 14.8 Å². The third kappa shape index (κ3) is 4.28.